The summed E-state index contributed by atoms with van der Waals surface area (Å²) in [6.45, 7) is 0.805. The topological polar surface area (TPSA) is 105 Å². The Morgan fingerprint density at radius 2 is 2.00 bits per heavy atom. The Kier molecular flexibility index (Phi) is 6.22. The molecule has 1 N–H and O–H groups in total. The van der Waals surface area contributed by atoms with Gasteiger partial charge in [0.05, 0.1) is 16.5 Å². The van der Waals surface area contributed by atoms with Gasteiger partial charge in [-0.25, -0.2) is 9.37 Å². The summed E-state index contributed by atoms with van der Waals surface area (Å²) in [6, 6.07) is 11.5. The molecule has 1 unspecified atom stereocenters. The van der Waals surface area contributed by atoms with Gasteiger partial charge in [-0.2, -0.15) is 0 Å². The summed E-state index contributed by atoms with van der Waals surface area (Å²) in [6.07, 6.45) is 1.32. The van der Waals surface area contributed by atoms with Crippen molar-refractivity contribution in [2.24, 2.45) is 5.92 Å². The molecule has 4 rings (SSSR count). The van der Waals surface area contributed by atoms with Crippen LogP contribution in [0.15, 0.2) is 53.9 Å². The molecular formula is C22H19FN4O4S. The van der Waals surface area contributed by atoms with Gasteiger partial charge >= 0.3 is 0 Å². The van der Waals surface area contributed by atoms with Gasteiger partial charge in [0.25, 0.3) is 11.6 Å². The predicted octanol–water partition coefficient (Wildman–Crippen LogP) is 4.35. The summed E-state index contributed by atoms with van der Waals surface area (Å²) in [5, 5.41) is 15.9. The second-order valence-corrected chi connectivity index (χ2v) is 8.29. The molecule has 10 heteroatoms. The summed E-state index contributed by atoms with van der Waals surface area (Å²) in [4.78, 5) is 42.0. The maximum absolute atomic E-state index is 13.1. The van der Waals surface area contributed by atoms with E-state index in [2.05, 4.69) is 10.3 Å². The summed E-state index contributed by atoms with van der Waals surface area (Å²) < 4.78 is 13.1. The second kappa shape index (κ2) is 9.23. The number of nitrogens with zero attached hydrogens (tertiary/aromatic N) is 3. The molecule has 3 aromatic rings. The van der Waals surface area contributed by atoms with Gasteiger partial charge < -0.3 is 10.2 Å². The number of amides is 2. The maximum atomic E-state index is 13.1. The Morgan fingerprint density at radius 3 is 2.75 bits per heavy atom. The van der Waals surface area contributed by atoms with E-state index < -0.39 is 16.7 Å². The Balaban J connectivity index is 1.41. The Hall–Kier alpha value is -3.66. The zero-order valence-electron chi connectivity index (χ0n) is 16.9. The van der Waals surface area contributed by atoms with Gasteiger partial charge in [0.15, 0.2) is 5.13 Å². The van der Waals surface area contributed by atoms with Gasteiger partial charge in [0, 0.05) is 41.7 Å². The lowest BCUT2D eigenvalue weighted by Gasteiger charge is -2.32. The van der Waals surface area contributed by atoms with Crippen molar-refractivity contribution in [3.8, 4) is 11.3 Å². The van der Waals surface area contributed by atoms with E-state index in [9.17, 15) is 24.1 Å². The van der Waals surface area contributed by atoms with E-state index in [1.54, 1.807) is 22.4 Å². The number of likely N-dealkylation sites (tertiary alicyclic amines) is 1. The largest absolute Gasteiger partial charge is 0.338 e. The quantitative estimate of drug-likeness (QED) is 0.456. The molecule has 1 saturated heterocycles. The fourth-order valence-corrected chi connectivity index (χ4v) is 4.32. The van der Waals surface area contributed by atoms with E-state index >= 15 is 0 Å². The number of halogens is 1. The molecule has 0 radical (unpaired) electrons. The van der Waals surface area contributed by atoms with Crippen LogP contribution in [0.1, 0.15) is 23.2 Å². The molecule has 0 bridgehead atoms. The third-order valence-electron chi connectivity index (χ3n) is 5.26. The standard InChI is InChI=1S/C22H19FN4O4S/c23-17-8-6-14(7-9-17)21(29)26-10-2-4-16(12-26)20(28)25-22-24-19(13-32-22)15-3-1-5-18(11-15)27(30)31/h1,3,5-9,11,13,16H,2,4,10,12H2,(H,24,25,28). The summed E-state index contributed by atoms with van der Waals surface area (Å²) in [5.74, 6) is -1.27. The van der Waals surface area contributed by atoms with Crippen LogP contribution in [0.25, 0.3) is 11.3 Å². The number of piperidine rings is 1. The van der Waals surface area contributed by atoms with E-state index in [4.69, 9.17) is 0 Å². The number of nitro groups is 1. The van der Waals surface area contributed by atoms with Crippen molar-refractivity contribution in [2.45, 2.75) is 12.8 Å². The molecule has 1 atom stereocenters. The fourth-order valence-electron chi connectivity index (χ4n) is 3.60. The molecule has 1 aliphatic heterocycles. The zero-order valence-corrected chi connectivity index (χ0v) is 17.7. The van der Waals surface area contributed by atoms with Gasteiger partial charge in [-0.05, 0) is 37.1 Å². The average molecular weight is 454 g/mol. The number of rotatable bonds is 5. The second-order valence-electron chi connectivity index (χ2n) is 7.43. The lowest BCUT2D eigenvalue weighted by molar-refractivity contribution is -0.384. The van der Waals surface area contributed by atoms with Crippen molar-refractivity contribution < 1.29 is 18.9 Å². The molecule has 0 aliphatic carbocycles. The van der Waals surface area contributed by atoms with Gasteiger partial charge in [-0.1, -0.05) is 12.1 Å². The Morgan fingerprint density at radius 1 is 1.22 bits per heavy atom. The summed E-state index contributed by atoms with van der Waals surface area (Å²) in [7, 11) is 0. The number of carbonyl (C=O) groups excluding carboxylic acids is 2. The van der Waals surface area contributed by atoms with Gasteiger partial charge in [-0.3, -0.25) is 19.7 Å². The highest BCUT2D eigenvalue weighted by molar-refractivity contribution is 7.14. The summed E-state index contributed by atoms with van der Waals surface area (Å²) in [5.41, 5.74) is 1.47. The number of hydrogen-bond donors (Lipinski definition) is 1. The van der Waals surface area contributed by atoms with Gasteiger partial charge in [0.2, 0.25) is 5.91 Å². The molecule has 0 spiro atoms. The van der Waals surface area contributed by atoms with Crippen LogP contribution in [0.4, 0.5) is 15.2 Å². The van der Waals surface area contributed by atoms with Crippen molar-refractivity contribution in [2.75, 3.05) is 18.4 Å². The normalized spacial score (nSPS) is 15.9. The van der Waals surface area contributed by atoms with Crippen LogP contribution in [0, 0.1) is 21.8 Å². The van der Waals surface area contributed by atoms with Crippen LogP contribution in [-0.2, 0) is 4.79 Å². The molecule has 2 amide bonds. The maximum Gasteiger partial charge on any atom is 0.270 e. The molecule has 1 fully saturated rings. The number of aromatic nitrogens is 1. The first-order chi connectivity index (χ1) is 15.4. The molecule has 164 valence electrons. The first-order valence-electron chi connectivity index (χ1n) is 9.97. The van der Waals surface area contributed by atoms with Crippen molar-refractivity contribution in [3.05, 3.63) is 75.4 Å². The van der Waals surface area contributed by atoms with Crippen LogP contribution >= 0.6 is 11.3 Å². The molecule has 0 saturated carbocycles. The number of non-ortho nitro benzene ring substituents is 1. The average Bonchev–Trinajstić information content (AvgIpc) is 3.28. The van der Waals surface area contributed by atoms with E-state index in [1.807, 2.05) is 0 Å². The van der Waals surface area contributed by atoms with Crippen molar-refractivity contribution in [3.63, 3.8) is 0 Å². The molecule has 2 aromatic carbocycles. The highest BCUT2D eigenvalue weighted by atomic mass is 32.1. The number of hydrogen-bond acceptors (Lipinski definition) is 6. The Labute approximate surface area is 186 Å². The van der Waals surface area contributed by atoms with Crippen LogP contribution < -0.4 is 5.32 Å². The minimum absolute atomic E-state index is 0.0331. The monoisotopic (exact) mass is 454 g/mol. The van der Waals surface area contributed by atoms with Gasteiger partial charge in [0.1, 0.15) is 5.82 Å². The van der Waals surface area contributed by atoms with Crippen molar-refractivity contribution in [1.29, 1.82) is 0 Å². The molecule has 32 heavy (non-hydrogen) atoms. The number of nitro benzene ring substituents is 1. The van der Waals surface area contributed by atoms with E-state index in [1.165, 1.54) is 47.7 Å². The Bertz CT molecular complexity index is 1160. The zero-order chi connectivity index (χ0) is 22.7. The highest BCUT2D eigenvalue weighted by Crippen LogP contribution is 2.28. The van der Waals surface area contributed by atoms with Crippen LogP contribution in [0.3, 0.4) is 0 Å². The summed E-state index contributed by atoms with van der Waals surface area (Å²) >= 11 is 1.23. The smallest absolute Gasteiger partial charge is 0.270 e. The molecule has 1 aliphatic rings. The molecule has 2 heterocycles. The fraction of sp³-hybridized carbons (Fsp3) is 0.227. The lowest BCUT2D eigenvalue weighted by atomic mass is 9.96. The van der Waals surface area contributed by atoms with Crippen LogP contribution in [0.2, 0.25) is 0 Å². The SMILES string of the molecule is O=C(Nc1nc(-c2cccc([N+](=O)[O-])c2)cs1)C1CCCN(C(=O)c2ccc(F)cc2)C1. The predicted molar refractivity (Wildman–Crippen MR) is 118 cm³/mol. The van der Waals surface area contributed by atoms with Crippen molar-refractivity contribution in [1.82, 2.24) is 9.88 Å². The number of nitrogens with one attached hydrogen (secondary N) is 1. The highest BCUT2D eigenvalue weighted by Gasteiger charge is 2.29. The number of thiazole rings is 1. The molecular weight excluding hydrogens is 435 g/mol. The van der Waals surface area contributed by atoms with Crippen molar-refractivity contribution >= 4 is 34.0 Å². The number of anilines is 1. The minimum atomic E-state index is -0.472. The van der Waals surface area contributed by atoms with E-state index in [0.717, 1.165) is 0 Å². The van der Waals surface area contributed by atoms with Crippen LogP contribution in [-0.4, -0.2) is 39.7 Å². The first kappa shape index (κ1) is 21.6. The first-order valence-corrected chi connectivity index (χ1v) is 10.8. The third-order valence-corrected chi connectivity index (χ3v) is 6.02. The van der Waals surface area contributed by atoms with Gasteiger partial charge in [-0.15, -0.1) is 11.3 Å². The molecule has 1 aromatic heterocycles. The number of carbonyl (C=O) groups is 2. The molecule has 8 nitrogen and oxygen atoms in total. The van der Waals surface area contributed by atoms with Crippen LogP contribution in [0.5, 0.6) is 0 Å². The lowest BCUT2D eigenvalue weighted by Crippen LogP contribution is -2.43. The minimum Gasteiger partial charge on any atom is -0.338 e. The number of benzene rings is 2. The van der Waals surface area contributed by atoms with E-state index in [-0.39, 0.29) is 24.0 Å². The third kappa shape index (κ3) is 4.80. The van der Waals surface area contributed by atoms with E-state index in [0.29, 0.717) is 41.3 Å².